The van der Waals surface area contributed by atoms with Crippen molar-refractivity contribution in [3.63, 3.8) is 0 Å². The second-order valence-corrected chi connectivity index (χ2v) is 16.4. The van der Waals surface area contributed by atoms with Gasteiger partial charge >= 0.3 is 0 Å². The summed E-state index contributed by atoms with van der Waals surface area (Å²) in [6, 6.07) is 19.0. The van der Waals surface area contributed by atoms with Crippen molar-refractivity contribution in [1.29, 1.82) is 0 Å². The molecule has 2 N–H and O–H groups in total. The van der Waals surface area contributed by atoms with Crippen LogP contribution in [0.25, 0.3) is 20.9 Å². The highest BCUT2D eigenvalue weighted by Gasteiger charge is 2.29. The van der Waals surface area contributed by atoms with E-state index >= 15 is 0 Å². The van der Waals surface area contributed by atoms with Crippen molar-refractivity contribution in [3.8, 4) is 20.9 Å². The number of fused-ring (bicyclic) bond motifs is 6. The highest BCUT2D eigenvalue weighted by molar-refractivity contribution is 9.10. The molecule has 8 nitrogen and oxygen atoms in total. The third-order valence-corrected chi connectivity index (χ3v) is 11.7. The molecule has 0 spiro atoms. The van der Waals surface area contributed by atoms with Crippen LogP contribution in [0, 0.1) is 23.3 Å². The Bertz CT molecular complexity index is 2400. The van der Waals surface area contributed by atoms with Crippen LogP contribution in [0.3, 0.4) is 0 Å². The maximum atomic E-state index is 13.9. The van der Waals surface area contributed by atoms with Gasteiger partial charge in [-0.05, 0) is 72.3 Å². The fourth-order valence-electron chi connectivity index (χ4n) is 6.09. The molecule has 2 aliphatic rings. The molecule has 54 heavy (non-hydrogen) atoms. The Labute approximate surface area is 332 Å². The number of thiazole rings is 2. The van der Waals surface area contributed by atoms with Crippen LogP contribution >= 0.6 is 54.5 Å². The van der Waals surface area contributed by atoms with Crippen LogP contribution in [-0.4, -0.2) is 45.7 Å². The van der Waals surface area contributed by atoms with Gasteiger partial charge in [-0.25, -0.2) is 27.5 Å². The number of amides is 2. The van der Waals surface area contributed by atoms with Crippen LogP contribution in [0.4, 0.5) is 27.8 Å². The van der Waals surface area contributed by atoms with Gasteiger partial charge in [0.05, 0.1) is 15.4 Å². The normalized spacial score (nSPS) is 13.4. The molecular formula is C38H28Br2F4N6O2S2. The molecule has 0 fully saturated rings. The lowest BCUT2D eigenvalue weighted by atomic mass is 10.1. The van der Waals surface area contributed by atoms with Crippen molar-refractivity contribution in [1.82, 2.24) is 19.8 Å². The summed E-state index contributed by atoms with van der Waals surface area (Å²) in [5, 5.41) is 6.24. The van der Waals surface area contributed by atoms with Gasteiger partial charge in [-0.2, -0.15) is 0 Å². The van der Waals surface area contributed by atoms with Crippen molar-refractivity contribution in [2.45, 2.75) is 26.2 Å². The Morgan fingerprint density at radius 3 is 1.98 bits per heavy atom. The Morgan fingerprint density at radius 1 is 0.759 bits per heavy atom. The number of anilines is 2. The number of nitrogens with one attached hydrogen (secondary N) is 2. The number of benzene rings is 4. The number of halogens is 6. The van der Waals surface area contributed by atoms with Gasteiger partial charge in [0, 0.05) is 53.3 Å². The Morgan fingerprint density at radius 2 is 1.33 bits per heavy atom. The summed E-state index contributed by atoms with van der Waals surface area (Å²) in [5.74, 6) is -4.30. The van der Waals surface area contributed by atoms with Crippen molar-refractivity contribution >= 4 is 76.6 Å². The van der Waals surface area contributed by atoms with Gasteiger partial charge in [0.2, 0.25) is 0 Å². The van der Waals surface area contributed by atoms with Gasteiger partial charge in [0.15, 0.2) is 10.3 Å². The van der Waals surface area contributed by atoms with Crippen molar-refractivity contribution in [2.75, 3.05) is 24.7 Å². The van der Waals surface area contributed by atoms with Gasteiger partial charge < -0.3 is 10.2 Å². The molecule has 0 saturated carbocycles. The van der Waals surface area contributed by atoms with E-state index in [0.717, 1.165) is 72.8 Å². The number of nitrogens with zero attached hydrogens (tertiary/aromatic N) is 4. The van der Waals surface area contributed by atoms with Gasteiger partial charge in [-0.3, -0.25) is 19.8 Å². The molecule has 0 unspecified atom stereocenters. The van der Waals surface area contributed by atoms with Gasteiger partial charge in [-0.15, -0.1) is 0 Å². The molecule has 2 aliphatic heterocycles. The Kier molecular flexibility index (Phi) is 11.0. The first-order valence-electron chi connectivity index (χ1n) is 16.3. The summed E-state index contributed by atoms with van der Waals surface area (Å²) in [6.07, 6.45) is 0. The molecule has 8 rings (SSSR count). The van der Waals surface area contributed by atoms with Crippen LogP contribution in [0.1, 0.15) is 43.2 Å². The average Bonchev–Trinajstić information content (AvgIpc) is 3.67. The molecule has 0 aliphatic carbocycles. The van der Waals surface area contributed by atoms with E-state index < -0.39 is 34.7 Å². The van der Waals surface area contributed by atoms with Crippen LogP contribution in [-0.2, 0) is 26.2 Å². The maximum Gasteiger partial charge on any atom is 0.274 e. The summed E-state index contributed by atoms with van der Waals surface area (Å²) in [4.78, 5) is 39.4. The minimum absolute atomic E-state index is 0.0261. The lowest BCUT2D eigenvalue weighted by Gasteiger charge is -2.14. The van der Waals surface area contributed by atoms with Gasteiger partial charge in [-0.1, -0.05) is 78.8 Å². The molecular weight excluding hydrogens is 872 g/mol. The highest BCUT2D eigenvalue weighted by Crippen LogP contribution is 2.41. The van der Waals surface area contributed by atoms with Gasteiger partial charge in [0.25, 0.3) is 11.8 Å². The molecule has 2 aromatic heterocycles. The van der Waals surface area contributed by atoms with Crippen molar-refractivity contribution in [2.24, 2.45) is 0 Å². The molecule has 4 heterocycles. The van der Waals surface area contributed by atoms with E-state index in [-0.39, 0.29) is 28.8 Å². The first kappa shape index (κ1) is 37.8. The fourth-order valence-corrected chi connectivity index (χ4v) is 8.84. The standard InChI is InChI=1S/C19H12BrF2N3O2S.C19H16BrF2N3S/c1-25-8-9-5-6-10(20)7-11(9)16-15(18(25)27)23-19(28-16)24-17(26)14-12(21)3-2-4-13(14)22;1-25-9-11-5-6-12(20)7-13(11)18-17(10-25)24-19(26-18)23-8-14-15(21)3-2-4-16(14)22/h2-7H,8H2,1H3,(H,23,24,26);2-7H,8-10H2,1H3,(H,23,24). The predicted octanol–water partition coefficient (Wildman–Crippen LogP) is 10.1. The highest BCUT2D eigenvalue weighted by atomic mass is 79.9. The summed E-state index contributed by atoms with van der Waals surface area (Å²) in [5.41, 5.74) is 4.64. The smallest absolute Gasteiger partial charge is 0.274 e. The summed E-state index contributed by atoms with van der Waals surface area (Å²) in [7, 11) is 3.72. The number of carbonyl (C=O) groups is 2. The van der Waals surface area contributed by atoms with E-state index in [4.69, 9.17) is 0 Å². The lowest BCUT2D eigenvalue weighted by molar-refractivity contribution is 0.0783. The number of rotatable bonds is 5. The first-order chi connectivity index (χ1) is 25.9. The third-order valence-electron chi connectivity index (χ3n) is 8.66. The first-order valence-corrected chi connectivity index (χ1v) is 19.5. The number of hydrogen-bond donors (Lipinski definition) is 2. The van der Waals surface area contributed by atoms with Crippen molar-refractivity contribution in [3.05, 3.63) is 139 Å². The number of hydrogen-bond acceptors (Lipinski definition) is 8. The summed E-state index contributed by atoms with van der Waals surface area (Å²) < 4.78 is 57.2. The van der Waals surface area contributed by atoms with Crippen LogP contribution in [0.15, 0.2) is 81.7 Å². The zero-order valence-corrected chi connectivity index (χ0v) is 33.3. The van der Waals surface area contributed by atoms with E-state index in [1.165, 1.54) is 46.1 Å². The Hall–Kier alpha value is -4.48. The number of carbonyl (C=O) groups excluding carboxylic acids is 2. The van der Waals surface area contributed by atoms with Crippen LogP contribution < -0.4 is 10.6 Å². The summed E-state index contributed by atoms with van der Waals surface area (Å²) in [6.45, 7) is 2.07. The largest absolute Gasteiger partial charge is 0.357 e. The molecule has 276 valence electrons. The number of aromatic nitrogens is 2. The molecule has 0 atom stereocenters. The van der Waals surface area contributed by atoms with E-state index in [0.29, 0.717) is 16.6 Å². The maximum absolute atomic E-state index is 13.9. The van der Waals surface area contributed by atoms with Crippen molar-refractivity contribution < 1.29 is 27.2 Å². The molecule has 6 aromatic rings. The predicted molar refractivity (Wildman–Crippen MR) is 209 cm³/mol. The molecule has 0 radical (unpaired) electrons. The minimum atomic E-state index is -0.972. The van der Waals surface area contributed by atoms with E-state index in [9.17, 15) is 27.2 Å². The quantitative estimate of drug-likeness (QED) is 0.168. The summed E-state index contributed by atoms with van der Waals surface area (Å²) >= 11 is 9.57. The lowest BCUT2D eigenvalue weighted by Crippen LogP contribution is -2.25. The minimum Gasteiger partial charge on any atom is -0.357 e. The second kappa shape index (κ2) is 15.7. The van der Waals surface area contributed by atoms with E-state index in [2.05, 4.69) is 76.5 Å². The topological polar surface area (TPSA) is 90.5 Å². The molecule has 0 saturated heterocycles. The van der Waals surface area contributed by atoms with E-state index in [1.54, 1.807) is 7.05 Å². The fraction of sp³-hybridized carbons (Fsp3) is 0.158. The monoisotopic (exact) mass is 898 g/mol. The molecule has 16 heteroatoms. The molecule has 0 bridgehead atoms. The molecule has 2 amide bonds. The zero-order valence-electron chi connectivity index (χ0n) is 28.4. The van der Waals surface area contributed by atoms with Crippen LogP contribution in [0.5, 0.6) is 0 Å². The zero-order chi connectivity index (χ0) is 38.3. The molecule has 4 aromatic carbocycles. The van der Waals surface area contributed by atoms with Crippen LogP contribution in [0.2, 0.25) is 0 Å². The average molecular weight is 901 g/mol. The van der Waals surface area contributed by atoms with E-state index in [1.807, 2.05) is 24.3 Å². The van der Waals surface area contributed by atoms with Gasteiger partial charge in [0.1, 0.15) is 34.5 Å². The second-order valence-electron chi connectivity index (χ2n) is 12.5. The Balaban J connectivity index is 0.000000167. The SMILES string of the molecule is CN1Cc2ccc(Br)cc2-c2sc(NC(=O)c3c(F)cccc3F)nc2C1=O.CN1Cc2ccc(Br)cc2-c2sc(NCc3c(F)cccc3F)nc2C1. The third kappa shape index (κ3) is 7.84.